The van der Waals surface area contributed by atoms with E-state index in [4.69, 9.17) is 0 Å². The number of carboxylic acids is 1. The molecule has 0 aromatic rings. The minimum atomic E-state index is -0.827. The molecule has 1 aliphatic carbocycles. The molecule has 1 saturated carbocycles. The second kappa shape index (κ2) is 6.12. The van der Waals surface area contributed by atoms with E-state index >= 15 is 0 Å². The molecule has 2 N–H and O–H groups in total. The number of aliphatic carboxylic acids is 1. The van der Waals surface area contributed by atoms with Gasteiger partial charge in [0.05, 0.1) is 5.41 Å². The van der Waals surface area contributed by atoms with Crippen molar-refractivity contribution in [2.45, 2.75) is 77.3 Å². The molecule has 5 nitrogen and oxygen atoms in total. The minimum Gasteiger partial charge on any atom is -0.481 e. The zero-order chi connectivity index (χ0) is 14.8. The topological polar surface area (TPSA) is 69.6 Å². The van der Waals surface area contributed by atoms with Gasteiger partial charge in [0, 0.05) is 18.5 Å². The van der Waals surface area contributed by atoms with Crippen molar-refractivity contribution in [1.29, 1.82) is 0 Å². The van der Waals surface area contributed by atoms with Crippen LogP contribution < -0.4 is 5.43 Å². The maximum atomic E-state index is 12.3. The normalized spacial score (nSPS) is 30.1. The van der Waals surface area contributed by atoms with Crippen molar-refractivity contribution in [3.8, 4) is 0 Å². The van der Waals surface area contributed by atoms with Crippen molar-refractivity contribution in [2.75, 3.05) is 0 Å². The molecule has 1 saturated heterocycles. The molecule has 2 fully saturated rings. The third-order valence-corrected chi connectivity index (χ3v) is 4.96. The Balaban J connectivity index is 1.96. The van der Waals surface area contributed by atoms with E-state index in [1.54, 1.807) is 0 Å². The summed E-state index contributed by atoms with van der Waals surface area (Å²) in [5, 5.41) is 11.4. The summed E-state index contributed by atoms with van der Waals surface area (Å²) >= 11 is 0. The van der Waals surface area contributed by atoms with Crippen molar-refractivity contribution in [1.82, 2.24) is 10.4 Å². The van der Waals surface area contributed by atoms with E-state index in [2.05, 4.69) is 19.3 Å². The van der Waals surface area contributed by atoms with Crippen LogP contribution in [0, 0.1) is 5.41 Å². The van der Waals surface area contributed by atoms with Crippen LogP contribution in [0.2, 0.25) is 0 Å². The Morgan fingerprint density at radius 1 is 1.15 bits per heavy atom. The average molecular weight is 282 g/mol. The van der Waals surface area contributed by atoms with Crippen LogP contribution in [0.5, 0.6) is 0 Å². The summed E-state index contributed by atoms with van der Waals surface area (Å²) in [7, 11) is 0. The number of carbonyl (C=O) groups excluding carboxylic acids is 1. The molecule has 2 atom stereocenters. The number of nitrogens with one attached hydrogen (secondary N) is 1. The molecular formula is C15H26N2O3. The summed E-state index contributed by atoms with van der Waals surface area (Å²) in [6.07, 6.45) is 6.53. The summed E-state index contributed by atoms with van der Waals surface area (Å²) in [5.41, 5.74) is 2.13. The zero-order valence-corrected chi connectivity index (χ0v) is 12.5. The van der Waals surface area contributed by atoms with Crippen LogP contribution in [0.1, 0.15) is 65.2 Å². The average Bonchev–Trinajstić information content (AvgIpc) is 2.84. The second-order valence-electron chi connectivity index (χ2n) is 6.54. The van der Waals surface area contributed by atoms with Crippen LogP contribution in [-0.2, 0) is 9.59 Å². The van der Waals surface area contributed by atoms with Crippen LogP contribution in [0.3, 0.4) is 0 Å². The summed E-state index contributed by atoms with van der Waals surface area (Å²) in [6.45, 7) is 4.22. The Labute approximate surface area is 120 Å². The number of carbonyl (C=O) groups is 2. The first-order valence-corrected chi connectivity index (χ1v) is 7.76. The number of rotatable bonds is 4. The molecule has 2 aliphatic rings. The SMILES string of the molecule is CC1CCCC(C)N1NC(=O)CC1(C(=O)O)CCCC1. The number of piperidine rings is 1. The molecule has 1 amide bonds. The van der Waals surface area contributed by atoms with Crippen LogP contribution in [0.15, 0.2) is 0 Å². The van der Waals surface area contributed by atoms with Crippen molar-refractivity contribution in [3.05, 3.63) is 0 Å². The fourth-order valence-electron chi connectivity index (χ4n) is 3.65. The fraction of sp³-hybridized carbons (Fsp3) is 0.867. The van der Waals surface area contributed by atoms with Gasteiger partial charge in [0.2, 0.25) is 5.91 Å². The maximum Gasteiger partial charge on any atom is 0.310 e. The van der Waals surface area contributed by atoms with Gasteiger partial charge in [0.25, 0.3) is 0 Å². The van der Waals surface area contributed by atoms with E-state index in [9.17, 15) is 14.7 Å². The Kier molecular flexibility index (Phi) is 4.68. The molecule has 114 valence electrons. The maximum absolute atomic E-state index is 12.3. The molecule has 20 heavy (non-hydrogen) atoms. The van der Waals surface area contributed by atoms with Crippen LogP contribution in [-0.4, -0.2) is 34.1 Å². The van der Waals surface area contributed by atoms with Gasteiger partial charge in [-0.05, 0) is 39.5 Å². The lowest BCUT2D eigenvalue weighted by Gasteiger charge is -2.39. The standard InChI is InChI=1S/C15H26N2O3/c1-11-6-5-7-12(2)17(11)16-13(18)10-15(14(19)20)8-3-4-9-15/h11-12H,3-10H2,1-2H3,(H,16,18)(H,19,20). The highest BCUT2D eigenvalue weighted by Crippen LogP contribution is 2.41. The van der Waals surface area contributed by atoms with Gasteiger partial charge in [-0.15, -0.1) is 0 Å². The first-order chi connectivity index (χ1) is 9.44. The van der Waals surface area contributed by atoms with Crippen LogP contribution >= 0.6 is 0 Å². The third-order valence-electron chi connectivity index (χ3n) is 4.96. The predicted octanol–water partition coefficient (Wildman–Crippen LogP) is 2.32. The number of hydrogen-bond donors (Lipinski definition) is 2. The summed E-state index contributed by atoms with van der Waals surface area (Å²) in [5.74, 6) is -0.959. The smallest absolute Gasteiger partial charge is 0.310 e. The lowest BCUT2D eigenvalue weighted by atomic mass is 9.82. The molecule has 2 rings (SSSR count). The zero-order valence-electron chi connectivity index (χ0n) is 12.5. The van der Waals surface area contributed by atoms with Crippen molar-refractivity contribution in [2.24, 2.45) is 5.41 Å². The Hall–Kier alpha value is -1.10. The molecular weight excluding hydrogens is 256 g/mol. The van der Waals surface area contributed by atoms with E-state index in [1.807, 2.05) is 5.01 Å². The first-order valence-electron chi connectivity index (χ1n) is 7.76. The Morgan fingerprint density at radius 2 is 1.70 bits per heavy atom. The predicted molar refractivity (Wildman–Crippen MR) is 75.9 cm³/mol. The summed E-state index contributed by atoms with van der Waals surface area (Å²) < 4.78 is 0. The lowest BCUT2D eigenvalue weighted by Crippen LogP contribution is -2.55. The van der Waals surface area contributed by atoms with E-state index in [-0.39, 0.29) is 12.3 Å². The fourth-order valence-corrected chi connectivity index (χ4v) is 3.65. The molecule has 0 aromatic carbocycles. The van der Waals surface area contributed by atoms with E-state index < -0.39 is 11.4 Å². The molecule has 0 radical (unpaired) electrons. The van der Waals surface area contributed by atoms with Gasteiger partial charge in [-0.3, -0.25) is 15.0 Å². The van der Waals surface area contributed by atoms with E-state index in [0.717, 1.165) is 25.7 Å². The van der Waals surface area contributed by atoms with Gasteiger partial charge in [0.15, 0.2) is 0 Å². The van der Waals surface area contributed by atoms with Crippen molar-refractivity contribution < 1.29 is 14.7 Å². The summed E-state index contributed by atoms with van der Waals surface area (Å²) in [6, 6.07) is 0.652. The quantitative estimate of drug-likeness (QED) is 0.830. The molecule has 0 aromatic heterocycles. The van der Waals surface area contributed by atoms with Gasteiger partial charge in [-0.25, -0.2) is 5.01 Å². The van der Waals surface area contributed by atoms with Crippen molar-refractivity contribution >= 4 is 11.9 Å². The highest BCUT2D eigenvalue weighted by atomic mass is 16.4. The third kappa shape index (κ3) is 3.14. The molecule has 5 heteroatoms. The Morgan fingerprint density at radius 3 is 2.20 bits per heavy atom. The van der Waals surface area contributed by atoms with Crippen molar-refractivity contribution in [3.63, 3.8) is 0 Å². The Bertz CT molecular complexity index is 367. The molecule has 2 unspecified atom stereocenters. The summed E-state index contributed by atoms with van der Waals surface area (Å²) in [4.78, 5) is 23.7. The van der Waals surface area contributed by atoms with Gasteiger partial charge in [-0.2, -0.15) is 0 Å². The molecule has 1 aliphatic heterocycles. The number of hydrazine groups is 1. The van der Waals surface area contributed by atoms with Gasteiger partial charge < -0.3 is 5.11 Å². The van der Waals surface area contributed by atoms with Gasteiger partial charge >= 0.3 is 5.97 Å². The minimum absolute atomic E-state index is 0.109. The lowest BCUT2D eigenvalue weighted by molar-refractivity contribution is -0.152. The first kappa shape index (κ1) is 15.3. The van der Waals surface area contributed by atoms with Gasteiger partial charge in [0.1, 0.15) is 0 Å². The largest absolute Gasteiger partial charge is 0.481 e. The number of carboxylic acid groups (broad SMARTS) is 1. The molecule has 0 bridgehead atoms. The number of nitrogens with zero attached hydrogens (tertiary/aromatic N) is 1. The monoisotopic (exact) mass is 282 g/mol. The molecule has 1 heterocycles. The number of amides is 1. The van der Waals surface area contributed by atoms with E-state index in [0.29, 0.717) is 24.9 Å². The highest BCUT2D eigenvalue weighted by Gasteiger charge is 2.43. The highest BCUT2D eigenvalue weighted by molar-refractivity contribution is 5.85. The molecule has 0 spiro atoms. The van der Waals surface area contributed by atoms with Gasteiger partial charge in [-0.1, -0.05) is 19.3 Å². The number of hydrogen-bond acceptors (Lipinski definition) is 3. The van der Waals surface area contributed by atoms with Crippen LogP contribution in [0.4, 0.5) is 0 Å². The van der Waals surface area contributed by atoms with Crippen LogP contribution in [0.25, 0.3) is 0 Å². The second-order valence-corrected chi connectivity index (χ2v) is 6.54. The van der Waals surface area contributed by atoms with E-state index in [1.165, 1.54) is 6.42 Å².